The molecule has 1 spiro atoms. The third-order valence-corrected chi connectivity index (χ3v) is 8.28. The van der Waals surface area contributed by atoms with Crippen LogP contribution in [0.2, 0.25) is 0 Å². The third kappa shape index (κ3) is 2.92. The van der Waals surface area contributed by atoms with E-state index in [1.165, 1.54) is 12.1 Å². The summed E-state index contributed by atoms with van der Waals surface area (Å²) in [4.78, 5) is 56.4. The minimum Gasteiger partial charge on any atom is -0.478 e. The van der Waals surface area contributed by atoms with Gasteiger partial charge in [0, 0.05) is 51.3 Å². The molecule has 0 unspecified atom stereocenters. The van der Waals surface area contributed by atoms with Gasteiger partial charge >= 0.3 is 5.97 Å². The molecule has 192 valence electrons. The molecule has 0 aromatic heterocycles. The Morgan fingerprint density at radius 2 is 1.51 bits per heavy atom. The number of aromatic carboxylic acids is 1. The number of hydrogen-bond donors (Lipinski definition) is 2. The maximum absolute atomic E-state index is 15.0. The number of carboxylic acid groups (broad SMARTS) is 1. The topological polar surface area (TPSA) is 104 Å². The van der Waals surface area contributed by atoms with Crippen molar-refractivity contribution in [1.82, 2.24) is 0 Å². The second-order valence-electron chi connectivity index (χ2n) is 11.3. The third-order valence-electron chi connectivity index (χ3n) is 8.28. The SMILES string of the molecule is CC1(C)CC(=O)C2=C(C1)N(c1ccc(C(=O)O)cc1)C(=O)[C@]21C2=C(Nc3ccccc31)c1ccccc1C2=O. The zero-order valence-electron chi connectivity index (χ0n) is 21.4. The van der Waals surface area contributed by atoms with Gasteiger partial charge < -0.3 is 10.4 Å². The molecule has 0 bridgehead atoms. The molecule has 0 radical (unpaired) electrons. The number of nitrogens with zero attached hydrogens (tertiary/aromatic N) is 1. The molecule has 3 aromatic carbocycles. The van der Waals surface area contributed by atoms with Gasteiger partial charge in [0.15, 0.2) is 11.6 Å². The Hall–Kier alpha value is -4.78. The quantitative estimate of drug-likeness (QED) is 0.476. The molecule has 2 heterocycles. The summed E-state index contributed by atoms with van der Waals surface area (Å²) < 4.78 is 0. The van der Waals surface area contributed by atoms with Gasteiger partial charge in [-0.25, -0.2) is 4.79 Å². The highest BCUT2D eigenvalue weighted by Crippen LogP contribution is 2.61. The maximum atomic E-state index is 15.0. The van der Waals surface area contributed by atoms with Crippen molar-refractivity contribution in [3.63, 3.8) is 0 Å². The maximum Gasteiger partial charge on any atom is 0.335 e. The van der Waals surface area contributed by atoms with Gasteiger partial charge in [-0.05, 0) is 42.2 Å². The number of Topliss-reactive ketones (excluding diaryl/α,β-unsaturated/α-hetero) is 2. The number of ketones is 2. The molecule has 4 aliphatic rings. The van der Waals surface area contributed by atoms with E-state index in [4.69, 9.17) is 0 Å². The van der Waals surface area contributed by atoms with Crippen molar-refractivity contribution in [1.29, 1.82) is 0 Å². The number of carbonyl (C=O) groups excluding carboxylic acids is 3. The lowest BCUT2D eigenvalue weighted by Gasteiger charge is -2.39. The summed E-state index contributed by atoms with van der Waals surface area (Å²) in [5.41, 5.74) is 2.69. The van der Waals surface area contributed by atoms with Gasteiger partial charge in [0.25, 0.3) is 5.91 Å². The lowest BCUT2D eigenvalue weighted by molar-refractivity contribution is -0.123. The second-order valence-corrected chi connectivity index (χ2v) is 11.3. The highest BCUT2D eigenvalue weighted by Gasteiger charge is 2.65. The number of hydrogen-bond acceptors (Lipinski definition) is 5. The highest BCUT2D eigenvalue weighted by molar-refractivity contribution is 6.33. The van der Waals surface area contributed by atoms with Crippen molar-refractivity contribution in [2.24, 2.45) is 5.41 Å². The molecule has 2 aliphatic heterocycles. The average Bonchev–Trinajstić information content (AvgIpc) is 3.32. The fraction of sp³-hybridized carbons (Fsp3) is 0.188. The van der Waals surface area contributed by atoms with Crippen molar-refractivity contribution in [3.8, 4) is 0 Å². The van der Waals surface area contributed by atoms with Crippen molar-refractivity contribution >= 4 is 40.5 Å². The van der Waals surface area contributed by atoms with Gasteiger partial charge in [0.2, 0.25) is 0 Å². The van der Waals surface area contributed by atoms with E-state index in [1.807, 2.05) is 50.2 Å². The van der Waals surface area contributed by atoms with Crippen molar-refractivity contribution in [3.05, 3.63) is 112 Å². The Morgan fingerprint density at radius 1 is 0.846 bits per heavy atom. The standard InChI is InChI=1S/C32H24N2O5/c1-31(2)15-23-25(24(35)16-31)32(30(39)34(23)18-13-11-17(12-14-18)29(37)38)21-9-5-6-10-22(21)33-27-19-7-3-4-8-20(19)28(36)26(27)32/h3-14,33H,15-16H2,1-2H3,(H,37,38)/t32-/m0/s1. The number of benzene rings is 3. The van der Waals surface area contributed by atoms with Gasteiger partial charge in [-0.3, -0.25) is 19.3 Å². The number of para-hydroxylation sites is 1. The molecule has 0 fully saturated rings. The Balaban J connectivity index is 1.57. The van der Waals surface area contributed by atoms with E-state index in [0.29, 0.717) is 51.5 Å². The summed E-state index contributed by atoms with van der Waals surface area (Å²) in [7, 11) is 0. The molecule has 1 atom stereocenters. The van der Waals surface area contributed by atoms with Crippen LogP contribution in [0.1, 0.15) is 58.5 Å². The minimum absolute atomic E-state index is 0.0907. The number of carboxylic acids is 1. The smallest absolute Gasteiger partial charge is 0.335 e. The zero-order valence-corrected chi connectivity index (χ0v) is 21.4. The number of nitrogens with one attached hydrogen (secondary N) is 1. The molecule has 2 N–H and O–H groups in total. The first-order valence-electron chi connectivity index (χ1n) is 12.9. The van der Waals surface area contributed by atoms with E-state index in [2.05, 4.69) is 5.32 Å². The molecule has 7 heteroatoms. The first kappa shape index (κ1) is 23.3. The van der Waals surface area contributed by atoms with Crippen molar-refractivity contribution < 1.29 is 24.3 Å². The Labute approximate surface area is 224 Å². The summed E-state index contributed by atoms with van der Waals surface area (Å²) in [6, 6.07) is 20.7. The molecule has 7 nitrogen and oxygen atoms in total. The van der Waals surface area contributed by atoms with Crippen LogP contribution in [-0.4, -0.2) is 28.5 Å². The molecule has 3 aromatic rings. The lowest BCUT2D eigenvalue weighted by Crippen LogP contribution is -2.47. The molecular formula is C32H24N2O5. The number of rotatable bonds is 2. The van der Waals surface area contributed by atoms with Gasteiger partial charge in [0.05, 0.1) is 11.3 Å². The fourth-order valence-electron chi connectivity index (χ4n) is 6.77. The number of anilines is 2. The number of fused-ring (bicyclic) bond motifs is 6. The van der Waals surface area contributed by atoms with Gasteiger partial charge in [0.1, 0.15) is 5.41 Å². The van der Waals surface area contributed by atoms with Crippen LogP contribution >= 0.6 is 0 Å². The molecule has 0 saturated heterocycles. The number of amides is 1. The fourth-order valence-corrected chi connectivity index (χ4v) is 6.77. The predicted octanol–water partition coefficient (Wildman–Crippen LogP) is 5.35. The molecule has 7 rings (SSSR count). The van der Waals surface area contributed by atoms with Crippen LogP contribution in [0.5, 0.6) is 0 Å². The molecule has 1 amide bonds. The summed E-state index contributed by atoms with van der Waals surface area (Å²) in [6.45, 7) is 3.99. The van der Waals surface area contributed by atoms with Gasteiger partial charge in [-0.2, -0.15) is 0 Å². The van der Waals surface area contributed by atoms with E-state index in [9.17, 15) is 19.5 Å². The highest BCUT2D eigenvalue weighted by atomic mass is 16.4. The minimum atomic E-state index is -1.62. The summed E-state index contributed by atoms with van der Waals surface area (Å²) in [6.07, 6.45) is 0.688. The van der Waals surface area contributed by atoms with E-state index in [-0.39, 0.29) is 29.1 Å². The van der Waals surface area contributed by atoms with Crippen LogP contribution in [-0.2, 0) is 15.0 Å². The van der Waals surface area contributed by atoms with Gasteiger partial charge in [-0.15, -0.1) is 0 Å². The van der Waals surface area contributed by atoms with Crippen molar-refractivity contribution in [2.75, 3.05) is 10.2 Å². The van der Waals surface area contributed by atoms with Crippen LogP contribution < -0.4 is 10.2 Å². The first-order chi connectivity index (χ1) is 18.6. The van der Waals surface area contributed by atoms with E-state index in [0.717, 1.165) is 0 Å². The van der Waals surface area contributed by atoms with Crippen LogP contribution in [0.3, 0.4) is 0 Å². The summed E-state index contributed by atoms with van der Waals surface area (Å²) in [5.74, 6) is -1.91. The largest absolute Gasteiger partial charge is 0.478 e. The number of carbonyl (C=O) groups is 4. The molecular weight excluding hydrogens is 492 g/mol. The molecule has 0 saturated carbocycles. The van der Waals surface area contributed by atoms with Crippen LogP contribution in [0.4, 0.5) is 11.4 Å². The summed E-state index contributed by atoms with van der Waals surface area (Å²) in [5, 5.41) is 12.8. The predicted molar refractivity (Wildman–Crippen MR) is 145 cm³/mol. The van der Waals surface area contributed by atoms with Gasteiger partial charge in [-0.1, -0.05) is 56.3 Å². The molecule has 39 heavy (non-hydrogen) atoms. The summed E-state index contributed by atoms with van der Waals surface area (Å²) >= 11 is 0. The Morgan fingerprint density at radius 3 is 2.23 bits per heavy atom. The first-order valence-corrected chi connectivity index (χ1v) is 12.9. The lowest BCUT2D eigenvalue weighted by atomic mass is 9.61. The second kappa shape index (κ2) is 7.63. The average molecular weight is 517 g/mol. The van der Waals surface area contributed by atoms with E-state index >= 15 is 4.79 Å². The van der Waals surface area contributed by atoms with E-state index < -0.39 is 22.7 Å². The zero-order chi connectivity index (χ0) is 27.3. The molecule has 2 aliphatic carbocycles. The Bertz CT molecular complexity index is 1740. The monoisotopic (exact) mass is 516 g/mol. The Kier molecular flexibility index (Phi) is 4.57. The normalized spacial score (nSPS) is 22.5. The number of allylic oxidation sites excluding steroid dienone is 1. The van der Waals surface area contributed by atoms with Crippen LogP contribution in [0.25, 0.3) is 5.70 Å². The van der Waals surface area contributed by atoms with Crippen LogP contribution in [0, 0.1) is 5.41 Å². The van der Waals surface area contributed by atoms with E-state index in [1.54, 1.807) is 29.2 Å². The van der Waals surface area contributed by atoms with Crippen molar-refractivity contribution in [2.45, 2.75) is 32.1 Å². The van der Waals surface area contributed by atoms with Crippen LogP contribution in [0.15, 0.2) is 89.6 Å².